The molecule has 10 nitrogen and oxygen atoms in total. The van der Waals surface area contributed by atoms with Crippen LogP contribution >= 0.6 is 0 Å². The molecule has 0 bridgehead atoms. The maximum Gasteiger partial charge on any atom is 0.495 e. The van der Waals surface area contributed by atoms with Gasteiger partial charge in [0.25, 0.3) is 0 Å². The van der Waals surface area contributed by atoms with Crippen molar-refractivity contribution in [2.75, 3.05) is 18.4 Å². The summed E-state index contributed by atoms with van der Waals surface area (Å²) in [5, 5.41) is 10.4. The number of pyridine rings is 1. The van der Waals surface area contributed by atoms with Crippen LogP contribution in [0.3, 0.4) is 0 Å². The fraction of sp³-hybridized carbons (Fsp3) is 0.265. The molecule has 3 aromatic carbocycles. The van der Waals surface area contributed by atoms with Crippen LogP contribution in [0.25, 0.3) is 21.9 Å². The Kier molecular flexibility index (Phi) is 11.9. The van der Waals surface area contributed by atoms with E-state index in [-0.39, 0.29) is 12.3 Å². The highest BCUT2D eigenvalue weighted by molar-refractivity contribution is 5.87. The standard InChI is InChI=1S/C34H33F3N4O6/c1-22-15-17-39-29(18-22)38-16-5-4-8-30(42)40-21-31(43)41-28(20-32(44)46-47-33(45)34(35,36)37)25-12-9-24(10-13-25)27-14-11-23-6-2-3-7-26(23)19-27/h2-3,6-7,9-15,17-19,28H,4-5,8,16,20-21H2,1H3,(H,38,39)(H,40,42)(H,41,43). The lowest BCUT2D eigenvalue weighted by atomic mass is 9.97. The average molecular weight is 651 g/mol. The van der Waals surface area contributed by atoms with E-state index in [4.69, 9.17) is 0 Å². The summed E-state index contributed by atoms with van der Waals surface area (Å²) in [5.74, 6) is -4.30. The Morgan fingerprint density at radius 3 is 2.28 bits per heavy atom. The highest BCUT2D eigenvalue weighted by atomic mass is 19.4. The molecule has 1 aromatic heterocycles. The van der Waals surface area contributed by atoms with Gasteiger partial charge in [0.05, 0.1) is 19.0 Å². The second-order valence-electron chi connectivity index (χ2n) is 10.7. The third-order valence-corrected chi connectivity index (χ3v) is 7.04. The molecule has 0 saturated carbocycles. The van der Waals surface area contributed by atoms with Crippen molar-refractivity contribution in [1.82, 2.24) is 15.6 Å². The molecule has 47 heavy (non-hydrogen) atoms. The molecular weight excluding hydrogens is 617 g/mol. The fourth-order valence-electron chi connectivity index (χ4n) is 4.63. The van der Waals surface area contributed by atoms with Gasteiger partial charge in [-0.3, -0.25) is 9.59 Å². The predicted octanol–water partition coefficient (Wildman–Crippen LogP) is 5.72. The molecule has 0 fully saturated rings. The van der Waals surface area contributed by atoms with Crippen molar-refractivity contribution < 1.29 is 42.1 Å². The summed E-state index contributed by atoms with van der Waals surface area (Å²) in [6.07, 6.45) is -2.91. The van der Waals surface area contributed by atoms with Crippen molar-refractivity contribution >= 4 is 40.3 Å². The fourth-order valence-corrected chi connectivity index (χ4v) is 4.63. The van der Waals surface area contributed by atoms with Gasteiger partial charge in [0.15, 0.2) is 0 Å². The number of nitrogens with one attached hydrogen (secondary N) is 3. The summed E-state index contributed by atoms with van der Waals surface area (Å²) in [7, 11) is 0. The molecule has 0 saturated heterocycles. The van der Waals surface area contributed by atoms with Crippen LogP contribution in [0.1, 0.15) is 42.9 Å². The molecule has 4 rings (SSSR count). The SMILES string of the molecule is Cc1ccnc(NCCCCC(=O)NCC(=O)NC(CC(=O)OOC(=O)C(F)(F)F)c2ccc(-c3ccc4ccccc4c3)cc2)c1. The summed E-state index contributed by atoms with van der Waals surface area (Å²) in [4.78, 5) is 60.2. The van der Waals surface area contributed by atoms with Gasteiger partial charge in [0, 0.05) is 19.2 Å². The maximum absolute atomic E-state index is 12.8. The lowest BCUT2D eigenvalue weighted by Gasteiger charge is -2.19. The third-order valence-electron chi connectivity index (χ3n) is 7.04. The zero-order valence-corrected chi connectivity index (χ0v) is 25.4. The van der Waals surface area contributed by atoms with Gasteiger partial charge < -0.3 is 16.0 Å². The van der Waals surface area contributed by atoms with Gasteiger partial charge in [-0.1, -0.05) is 60.7 Å². The number of aromatic nitrogens is 1. The first-order valence-electron chi connectivity index (χ1n) is 14.8. The molecule has 0 radical (unpaired) electrons. The van der Waals surface area contributed by atoms with Crippen LogP contribution in [0, 0.1) is 6.92 Å². The minimum absolute atomic E-state index is 0.173. The van der Waals surface area contributed by atoms with Crippen LogP contribution in [-0.4, -0.2) is 48.0 Å². The normalized spacial score (nSPS) is 11.7. The molecule has 0 aliphatic heterocycles. The first-order valence-corrected chi connectivity index (χ1v) is 14.8. The summed E-state index contributed by atoms with van der Waals surface area (Å²) in [6.45, 7) is 2.16. The number of halogens is 3. The number of hydrogen-bond donors (Lipinski definition) is 3. The van der Waals surface area contributed by atoms with E-state index in [2.05, 4.69) is 30.7 Å². The van der Waals surface area contributed by atoms with Crippen LogP contribution < -0.4 is 16.0 Å². The van der Waals surface area contributed by atoms with Crippen LogP contribution in [0.2, 0.25) is 0 Å². The number of amides is 2. The first-order chi connectivity index (χ1) is 22.5. The molecule has 4 aromatic rings. The van der Waals surface area contributed by atoms with Crippen molar-refractivity contribution in [3.8, 4) is 11.1 Å². The van der Waals surface area contributed by atoms with Crippen molar-refractivity contribution in [3.63, 3.8) is 0 Å². The Morgan fingerprint density at radius 2 is 1.55 bits per heavy atom. The molecule has 1 unspecified atom stereocenters. The number of benzene rings is 3. The van der Waals surface area contributed by atoms with Gasteiger partial charge in [0.1, 0.15) is 5.82 Å². The molecule has 2 amide bonds. The second-order valence-corrected chi connectivity index (χ2v) is 10.7. The van der Waals surface area contributed by atoms with Gasteiger partial charge in [0.2, 0.25) is 11.8 Å². The van der Waals surface area contributed by atoms with Crippen molar-refractivity contribution in [1.29, 1.82) is 0 Å². The summed E-state index contributed by atoms with van der Waals surface area (Å²) < 4.78 is 37.3. The maximum atomic E-state index is 12.8. The lowest BCUT2D eigenvalue weighted by molar-refractivity contribution is -0.286. The molecular formula is C34H33F3N4O6. The van der Waals surface area contributed by atoms with E-state index in [1.165, 1.54) is 0 Å². The van der Waals surface area contributed by atoms with Gasteiger partial charge in [-0.25, -0.2) is 24.3 Å². The van der Waals surface area contributed by atoms with Gasteiger partial charge in [-0.2, -0.15) is 13.2 Å². The smallest absolute Gasteiger partial charge is 0.370 e. The Balaban J connectivity index is 1.33. The summed E-state index contributed by atoms with van der Waals surface area (Å²) in [5.41, 5.74) is 3.25. The quantitative estimate of drug-likeness (QED) is 0.0950. The number of rotatable bonds is 13. The van der Waals surface area contributed by atoms with E-state index >= 15 is 0 Å². The minimum Gasteiger partial charge on any atom is -0.370 e. The minimum atomic E-state index is -5.36. The number of aryl methyl sites for hydroxylation is 1. The molecule has 0 spiro atoms. The zero-order chi connectivity index (χ0) is 33.8. The van der Waals surface area contributed by atoms with Crippen LogP contribution in [-0.2, 0) is 29.0 Å². The predicted molar refractivity (Wildman–Crippen MR) is 167 cm³/mol. The molecule has 13 heteroatoms. The highest BCUT2D eigenvalue weighted by Gasteiger charge is 2.43. The van der Waals surface area contributed by atoms with E-state index in [0.717, 1.165) is 33.3 Å². The van der Waals surface area contributed by atoms with Gasteiger partial charge in [-0.15, -0.1) is 0 Å². The van der Waals surface area contributed by atoms with E-state index in [1.807, 2.05) is 61.5 Å². The Labute approximate surface area is 268 Å². The molecule has 1 heterocycles. The first kappa shape index (κ1) is 34.4. The molecule has 3 N–H and O–H groups in total. The highest BCUT2D eigenvalue weighted by Crippen LogP contribution is 2.27. The molecule has 246 valence electrons. The third kappa shape index (κ3) is 10.8. The molecule has 0 aliphatic rings. The number of carbonyl (C=O) groups is 4. The summed E-state index contributed by atoms with van der Waals surface area (Å²) in [6, 6.07) is 23.3. The van der Waals surface area contributed by atoms with E-state index in [0.29, 0.717) is 24.9 Å². The molecule has 1 atom stereocenters. The van der Waals surface area contributed by atoms with Gasteiger partial charge >= 0.3 is 18.1 Å². The Hall–Kier alpha value is -5.46. The van der Waals surface area contributed by atoms with E-state index in [9.17, 15) is 32.3 Å². The van der Waals surface area contributed by atoms with E-state index < -0.39 is 43.0 Å². The van der Waals surface area contributed by atoms with Crippen molar-refractivity contribution in [3.05, 3.63) is 96.2 Å². The van der Waals surface area contributed by atoms with E-state index in [1.54, 1.807) is 30.5 Å². The molecule has 0 aliphatic carbocycles. The average Bonchev–Trinajstić information content (AvgIpc) is 3.05. The van der Waals surface area contributed by atoms with Crippen molar-refractivity contribution in [2.45, 2.75) is 44.8 Å². The van der Waals surface area contributed by atoms with Crippen molar-refractivity contribution in [2.24, 2.45) is 0 Å². The van der Waals surface area contributed by atoms with Crippen LogP contribution in [0.4, 0.5) is 19.0 Å². The number of unbranched alkanes of at least 4 members (excludes halogenated alkanes) is 1. The lowest BCUT2D eigenvalue weighted by Crippen LogP contribution is -2.39. The Bertz CT molecular complexity index is 1710. The number of hydrogen-bond acceptors (Lipinski definition) is 8. The summed E-state index contributed by atoms with van der Waals surface area (Å²) >= 11 is 0. The zero-order valence-electron chi connectivity index (χ0n) is 25.4. The number of nitrogens with zero attached hydrogens (tertiary/aromatic N) is 1. The van der Waals surface area contributed by atoms with Crippen LogP contribution in [0.15, 0.2) is 85.1 Å². The Morgan fingerprint density at radius 1 is 0.830 bits per heavy atom. The van der Waals surface area contributed by atoms with Gasteiger partial charge in [-0.05, 0) is 71.0 Å². The largest absolute Gasteiger partial charge is 0.495 e. The van der Waals surface area contributed by atoms with Crippen LogP contribution in [0.5, 0.6) is 0 Å². The topological polar surface area (TPSA) is 136 Å². The second kappa shape index (κ2) is 16.2. The number of carbonyl (C=O) groups excluding carboxylic acids is 4. The number of anilines is 1. The number of fused-ring (bicyclic) bond motifs is 1. The monoisotopic (exact) mass is 650 g/mol. The number of alkyl halides is 3.